The molecule has 8 nitrogen and oxygen atoms in total. The fourth-order valence-electron chi connectivity index (χ4n) is 1.55. The van der Waals surface area contributed by atoms with Crippen molar-refractivity contribution in [2.24, 2.45) is 5.11 Å². The Bertz CT molecular complexity index is 658. The molecular formula is C10H10N8. The molecule has 0 saturated heterocycles. The Kier molecular flexibility index (Phi) is 3.27. The molecule has 0 spiro atoms. The first-order valence-electron chi connectivity index (χ1n) is 5.23. The normalized spacial score (nSPS) is 9.94. The summed E-state index contributed by atoms with van der Waals surface area (Å²) in [4.78, 5) is 14.7. The smallest absolute Gasteiger partial charge is 0.220 e. The number of terminal acetylenes is 1. The van der Waals surface area contributed by atoms with E-state index in [1.807, 2.05) is 0 Å². The molecular weight excluding hydrogens is 232 g/mol. The summed E-state index contributed by atoms with van der Waals surface area (Å²) < 4.78 is 1.81. The van der Waals surface area contributed by atoms with Crippen LogP contribution < -0.4 is 5.73 Å². The number of imidazole rings is 1. The van der Waals surface area contributed by atoms with Gasteiger partial charge in [0.25, 0.3) is 0 Å². The lowest BCUT2D eigenvalue weighted by Gasteiger charge is -2.02. The number of hydrogen-bond donors (Lipinski definition) is 1. The van der Waals surface area contributed by atoms with Crippen molar-refractivity contribution >= 4 is 22.9 Å². The van der Waals surface area contributed by atoms with Crippen molar-refractivity contribution in [1.82, 2.24) is 19.5 Å². The summed E-state index contributed by atoms with van der Waals surface area (Å²) in [5, 5.41) is 3.34. The van der Waals surface area contributed by atoms with Crippen molar-refractivity contribution in [1.29, 1.82) is 0 Å². The molecule has 2 N–H and O–H groups in total. The Morgan fingerprint density at radius 3 is 3.11 bits per heavy atom. The summed E-state index contributed by atoms with van der Waals surface area (Å²) in [6, 6.07) is 0. The van der Waals surface area contributed by atoms with E-state index in [-0.39, 0.29) is 11.8 Å². The maximum atomic E-state index is 8.37. The van der Waals surface area contributed by atoms with Crippen LogP contribution in [0.3, 0.4) is 0 Å². The number of azide groups is 1. The number of nitrogen functional groups attached to an aromatic ring is 1. The molecule has 8 heteroatoms. The summed E-state index contributed by atoms with van der Waals surface area (Å²) in [7, 11) is 0. The van der Waals surface area contributed by atoms with E-state index >= 15 is 0 Å². The van der Waals surface area contributed by atoms with E-state index in [2.05, 4.69) is 30.9 Å². The first kappa shape index (κ1) is 11.7. The third kappa shape index (κ3) is 2.16. The van der Waals surface area contributed by atoms with Crippen molar-refractivity contribution < 1.29 is 0 Å². The monoisotopic (exact) mass is 242 g/mol. The quantitative estimate of drug-likeness (QED) is 0.289. The third-order valence-corrected chi connectivity index (χ3v) is 2.33. The van der Waals surface area contributed by atoms with Gasteiger partial charge >= 0.3 is 0 Å². The molecule has 0 aliphatic heterocycles. The van der Waals surface area contributed by atoms with Gasteiger partial charge in [-0.2, -0.15) is 0 Å². The zero-order valence-electron chi connectivity index (χ0n) is 9.48. The molecule has 0 unspecified atom stereocenters. The molecule has 0 saturated carbocycles. The van der Waals surface area contributed by atoms with Gasteiger partial charge in [-0.1, -0.05) is 0 Å². The van der Waals surface area contributed by atoms with E-state index < -0.39 is 0 Å². The van der Waals surface area contributed by atoms with Crippen LogP contribution in [-0.2, 0) is 6.54 Å². The molecule has 2 aromatic heterocycles. The lowest BCUT2D eigenvalue weighted by Crippen LogP contribution is -1.99. The van der Waals surface area contributed by atoms with Crippen LogP contribution in [0.15, 0.2) is 11.4 Å². The Balaban J connectivity index is 2.43. The summed E-state index contributed by atoms with van der Waals surface area (Å²) in [5.74, 6) is 2.74. The Labute approximate surface area is 102 Å². The zero-order valence-corrected chi connectivity index (χ0v) is 9.48. The van der Waals surface area contributed by atoms with Gasteiger partial charge in [-0.15, -0.1) is 12.3 Å². The lowest BCUT2D eigenvalue weighted by atomic mass is 10.3. The predicted octanol–water partition coefficient (Wildman–Crippen LogP) is 1.76. The Morgan fingerprint density at radius 1 is 1.56 bits per heavy atom. The highest BCUT2D eigenvalue weighted by molar-refractivity contribution is 5.82. The molecule has 0 aliphatic carbocycles. The van der Waals surface area contributed by atoms with Crippen LogP contribution in [0.5, 0.6) is 0 Å². The molecule has 2 heterocycles. The number of nitrogens with two attached hydrogens (primary N) is 1. The van der Waals surface area contributed by atoms with Crippen LogP contribution in [0.2, 0.25) is 0 Å². The maximum Gasteiger partial charge on any atom is 0.220 e. The molecule has 0 fully saturated rings. The van der Waals surface area contributed by atoms with Crippen LogP contribution in [0.1, 0.15) is 12.8 Å². The van der Waals surface area contributed by atoms with Gasteiger partial charge in [0.05, 0.1) is 6.33 Å². The lowest BCUT2D eigenvalue weighted by molar-refractivity contribution is 0.666. The van der Waals surface area contributed by atoms with Gasteiger partial charge in [0.2, 0.25) is 5.95 Å². The highest BCUT2D eigenvalue weighted by atomic mass is 15.2. The third-order valence-electron chi connectivity index (χ3n) is 2.33. The van der Waals surface area contributed by atoms with Gasteiger partial charge in [-0.3, -0.25) is 0 Å². The first-order valence-corrected chi connectivity index (χ1v) is 5.23. The van der Waals surface area contributed by atoms with E-state index in [9.17, 15) is 0 Å². The second kappa shape index (κ2) is 5.03. The Morgan fingerprint density at radius 2 is 2.39 bits per heavy atom. The molecule has 0 aliphatic rings. The van der Waals surface area contributed by atoms with Crippen molar-refractivity contribution in [3.8, 4) is 12.3 Å². The number of nitrogens with zero attached hydrogens (tertiary/aromatic N) is 7. The average Bonchev–Trinajstić information content (AvgIpc) is 2.74. The topological polar surface area (TPSA) is 118 Å². The van der Waals surface area contributed by atoms with E-state index in [0.29, 0.717) is 24.1 Å². The summed E-state index contributed by atoms with van der Waals surface area (Å²) in [5.41, 5.74) is 15.1. The van der Waals surface area contributed by atoms with Gasteiger partial charge in [0.1, 0.15) is 5.52 Å². The summed E-state index contributed by atoms with van der Waals surface area (Å²) in [6.07, 6.45) is 8.29. The molecule has 90 valence electrons. The van der Waals surface area contributed by atoms with Crippen molar-refractivity contribution in [3.63, 3.8) is 0 Å². The predicted molar refractivity (Wildman–Crippen MR) is 66.6 cm³/mol. The molecule has 2 rings (SSSR count). The van der Waals surface area contributed by atoms with Gasteiger partial charge < -0.3 is 10.3 Å². The van der Waals surface area contributed by atoms with Crippen molar-refractivity contribution in [3.05, 3.63) is 16.8 Å². The van der Waals surface area contributed by atoms with Gasteiger partial charge in [0.15, 0.2) is 11.5 Å². The largest absolute Gasteiger partial charge is 0.382 e. The Hall–Kier alpha value is -2.78. The minimum Gasteiger partial charge on any atom is -0.382 e. The average molecular weight is 242 g/mol. The number of rotatable bonds is 4. The van der Waals surface area contributed by atoms with Gasteiger partial charge in [-0.25, -0.2) is 15.0 Å². The maximum absolute atomic E-state index is 8.37. The molecule has 0 radical (unpaired) electrons. The number of hydrogen-bond acceptors (Lipinski definition) is 5. The molecule has 0 amide bonds. The highest BCUT2D eigenvalue weighted by Gasteiger charge is 2.10. The molecule has 2 aromatic rings. The summed E-state index contributed by atoms with van der Waals surface area (Å²) >= 11 is 0. The fraction of sp³-hybridized carbons (Fsp3) is 0.300. The van der Waals surface area contributed by atoms with Crippen LogP contribution in [-0.4, -0.2) is 19.5 Å². The second-order valence-corrected chi connectivity index (χ2v) is 3.52. The molecule has 18 heavy (non-hydrogen) atoms. The van der Waals surface area contributed by atoms with E-state index in [1.54, 1.807) is 10.9 Å². The minimum atomic E-state index is -0.0128. The number of anilines is 1. The number of unbranched alkanes of at least 4 members (excludes halogenated alkanes) is 1. The van der Waals surface area contributed by atoms with Crippen molar-refractivity contribution in [2.75, 3.05) is 5.73 Å². The van der Waals surface area contributed by atoms with Crippen LogP contribution >= 0.6 is 0 Å². The van der Waals surface area contributed by atoms with E-state index in [0.717, 1.165) is 6.42 Å². The zero-order chi connectivity index (χ0) is 13.0. The van der Waals surface area contributed by atoms with Crippen LogP contribution in [0.25, 0.3) is 21.6 Å². The summed E-state index contributed by atoms with van der Waals surface area (Å²) in [6.45, 7) is 0.673. The molecule has 0 atom stereocenters. The van der Waals surface area contributed by atoms with Gasteiger partial charge in [0, 0.05) is 17.9 Å². The first-order chi connectivity index (χ1) is 8.76. The SMILES string of the molecule is C#CCCCn1cnc2c(N)nc(N=[N+]=[N-])nc21. The minimum absolute atomic E-state index is 0.0128. The van der Waals surface area contributed by atoms with Crippen LogP contribution in [0, 0.1) is 12.3 Å². The standard InChI is InChI=1S/C10H10N8/c1-2-3-4-5-18-6-13-7-8(11)14-10(16-17-12)15-9(7)18/h1,6H,3-5H2,(H2,11,14,15). The number of aryl methyl sites for hydroxylation is 1. The molecule has 0 aromatic carbocycles. The van der Waals surface area contributed by atoms with E-state index in [4.69, 9.17) is 17.7 Å². The number of aromatic nitrogens is 4. The number of fused-ring (bicyclic) bond motifs is 1. The van der Waals surface area contributed by atoms with Gasteiger partial charge in [-0.05, 0) is 17.1 Å². The van der Waals surface area contributed by atoms with E-state index in [1.165, 1.54) is 0 Å². The molecule has 0 bridgehead atoms. The van der Waals surface area contributed by atoms with Crippen LogP contribution in [0.4, 0.5) is 11.8 Å². The highest BCUT2D eigenvalue weighted by Crippen LogP contribution is 2.19. The fourth-order valence-corrected chi connectivity index (χ4v) is 1.55. The van der Waals surface area contributed by atoms with Crippen molar-refractivity contribution in [2.45, 2.75) is 19.4 Å². The second-order valence-electron chi connectivity index (χ2n) is 3.52.